The Kier molecular flexibility index (Phi) is 4.54. The zero-order chi connectivity index (χ0) is 14.7. The summed E-state index contributed by atoms with van der Waals surface area (Å²) in [7, 11) is 0. The van der Waals surface area contributed by atoms with E-state index in [2.05, 4.69) is 15.3 Å². The van der Waals surface area contributed by atoms with Crippen molar-refractivity contribution in [2.45, 2.75) is 39.0 Å². The van der Waals surface area contributed by atoms with Gasteiger partial charge in [-0.3, -0.25) is 9.59 Å². The van der Waals surface area contributed by atoms with E-state index in [-0.39, 0.29) is 23.6 Å². The van der Waals surface area contributed by atoms with Gasteiger partial charge in [-0.2, -0.15) is 0 Å². The van der Waals surface area contributed by atoms with Gasteiger partial charge in [0, 0.05) is 19.1 Å². The van der Waals surface area contributed by atoms with Gasteiger partial charge in [0.2, 0.25) is 0 Å². The first-order valence-corrected chi connectivity index (χ1v) is 7.02. The van der Waals surface area contributed by atoms with Crippen molar-refractivity contribution in [3.05, 3.63) is 27.4 Å². The molecule has 1 aromatic heterocycles. The first-order chi connectivity index (χ1) is 9.52. The van der Waals surface area contributed by atoms with Crippen molar-refractivity contribution in [3.63, 3.8) is 0 Å². The van der Waals surface area contributed by atoms with E-state index < -0.39 is 5.91 Å². The van der Waals surface area contributed by atoms with Crippen molar-refractivity contribution >= 4 is 5.91 Å². The maximum absolute atomic E-state index is 12.1. The van der Waals surface area contributed by atoms with Crippen LogP contribution in [0.15, 0.2) is 4.79 Å². The van der Waals surface area contributed by atoms with E-state index in [1.54, 1.807) is 6.92 Å². The minimum atomic E-state index is -0.400. The number of H-pyrrole nitrogens is 1. The van der Waals surface area contributed by atoms with E-state index >= 15 is 0 Å². The van der Waals surface area contributed by atoms with Crippen LogP contribution in [-0.4, -0.2) is 34.1 Å². The lowest BCUT2D eigenvalue weighted by atomic mass is 10.1. The molecule has 3 N–H and O–H groups in total. The third-order valence-corrected chi connectivity index (χ3v) is 3.54. The molecule has 1 aromatic rings. The number of aliphatic hydroxyl groups excluding tert-OH is 1. The number of aromatic nitrogens is 2. The van der Waals surface area contributed by atoms with Gasteiger partial charge in [-0.1, -0.05) is 6.92 Å². The predicted octanol–water partition coefficient (Wildman–Crippen LogP) is 0.704. The monoisotopic (exact) mass is 279 g/mol. The number of carbonyl (C=O) groups excluding carboxylic acids is 1. The molecular weight excluding hydrogens is 258 g/mol. The SMILES string of the molecule is Cc1nc(C2CC2)[nH]c(=O)c1C(=O)NCC(C)CCO. The van der Waals surface area contributed by atoms with E-state index in [1.165, 1.54) is 0 Å². The summed E-state index contributed by atoms with van der Waals surface area (Å²) in [5, 5.41) is 11.5. The van der Waals surface area contributed by atoms with Gasteiger partial charge in [-0.25, -0.2) is 4.98 Å². The molecular formula is C14H21N3O3. The molecule has 1 atom stereocenters. The number of aliphatic hydroxyl groups is 1. The number of amides is 1. The van der Waals surface area contributed by atoms with Gasteiger partial charge < -0.3 is 15.4 Å². The van der Waals surface area contributed by atoms with E-state index in [9.17, 15) is 9.59 Å². The molecule has 1 fully saturated rings. The molecule has 110 valence electrons. The standard InChI is InChI=1S/C14H21N3O3/c1-8(5-6-18)7-15-13(19)11-9(2)16-12(10-3-4-10)17-14(11)20/h8,10,18H,3-7H2,1-2H3,(H,15,19)(H,16,17,20). The van der Waals surface area contributed by atoms with Gasteiger partial charge in [0.1, 0.15) is 11.4 Å². The van der Waals surface area contributed by atoms with Crippen LogP contribution in [0.5, 0.6) is 0 Å². The molecule has 6 heteroatoms. The van der Waals surface area contributed by atoms with Crippen molar-refractivity contribution in [1.29, 1.82) is 0 Å². The fraction of sp³-hybridized carbons (Fsp3) is 0.643. The van der Waals surface area contributed by atoms with Gasteiger partial charge in [-0.15, -0.1) is 0 Å². The van der Waals surface area contributed by atoms with Crippen LogP contribution in [0.1, 0.15) is 54.0 Å². The van der Waals surface area contributed by atoms with Crippen molar-refractivity contribution in [3.8, 4) is 0 Å². The molecule has 0 aliphatic heterocycles. The first-order valence-electron chi connectivity index (χ1n) is 7.02. The molecule has 0 spiro atoms. The molecule has 2 rings (SSSR count). The maximum Gasteiger partial charge on any atom is 0.264 e. The number of carbonyl (C=O) groups is 1. The van der Waals surface area contributed by atoms with E-state index in [0.29, 0.717) is 30.4 Å². The van der Waals surface area contributed by atoms with Crippen LogP contribution in [0.2, 0.25) is 0 Å². The quantitative estimate of drug-likeness (QED) is 0.714. The summed E-state index contributed by atoms with van der Waals surface area (Å²) >= 11 is 0. The molecule has 0 saturated heterocycles. The van der Waals surface area contributed by atoms with Gasteiger partial charge in [0.05, 0.1) is 5.69 Å². The maximum atomic E-state index is 12.1. The Balaban J connectivity index is 2.07. The highest BCUT2D eigenvalue weighted by molar-refractivity contribution is 5.94. The highest BCUT2D eigenvalue weighted by Crippen LogP contribution is 2.37. The highest BCUT2D eigenvalue weighted by atomic mass is 16.3. The topological polar surface area (TPSA) is 95.1 Å². The Morgan fingerprint density at radius 2 is 2.25 bits per heavy atom. The summed E-state index contributed by atoms with van der Waals surface area (Å²) in [5.74, 6) is 0.811. The van der Waals surface area contributed by atoms with Crippen LogP contribution in [0.25, 0.3) is 0 Å². The summed E-state index contributed by atoms with van der Waals surface area (Å²) in [6.45, 7) is 4.14. The highest BCUT2D eigenvalue weighted by Gasteiger charge is 2.28. The van der Waals surface area contributed by atoms with Crippen molar-refractivity contribution in [1.82, 2.24) is 15.3 Å². The molecule has 0 aromatic carbocycles. The zero-order valence-corrected chi connectivity index (χ0v) is 11.9. The molecule has 0 radical (unpaired) electrons. The van der Waals surface area contributed by atoms with Crippen LogP contribution in [0, 0.1) is 12.8 Å². The second-order valence-corrected chi connectivity index (χ2v) is 5.51. The lowest BCUT2D eigenvalue weighted by Crippen LogP contribution is -2.34. The molecule has 1 unspecified atom stereocenters. The lowest BCUT2D eigenvalue weighted by molar-refractivity contribution is 0.0942. The minimum Gasteiger partial charge on any atom is -0.396 e. The van der Waals surface area contributed by atoms with Crippen LogP contribution in [-0.2, 0) is 0 Å². The summed E-state index contributed by atoms with van der Waals surface area (Å²) in [5.41, 5.74) is 0.195. The number of hydrogen-bond donors (Lipinski definition) is 3. The molecule has 1 saturated carbocycles. The molecule has 1 aliphatic carbocycles. The summed E-state index contributed by atoms with van der Waals surface area (Å²) < 4.78 is 0. The Morgan fingerprint density at radius 3 is 2.80 bits per heavy atom. The molecule has 1 heterocycles. The fourth-order valence-corrected chi connectivity index (χ4v) is 2.10. The Bertz CT molecular complexity index is 549. The fourth-order valence-electron chi connectivity index (χ4n) is 2.10. The van der Waals surface area contributed by atoms with Gasteiger partial charge in [-0.05, 0) is 32.1 Å². The third-order valence-electron chi connectivity index (χ3n) is 3.54. The van der Waals surface area contributed by atoms with Crippen molar-refractivity contribution < 1.29 is 9.90 Å². The second kappa shape index (κ2) is 6.17. The molecule has 0 bridgehead atoms. The second-order valence-electron chi connectivity index (χ2n) is 5.51. The summed E-state index contributed by atoms with van der Waals surface area (Å²) in [4.78, 5) is 31.1. The van der Waals surface area contributed by atoms with Crippen LogP contribution in [0.3, 0.4) is 0 Å². The lowest BCUT2D eigenvalue weighted by Gasteiger charge is -2.12. The number of aryl methyl sites for hydroxylation is 1. The van der Waals surface area contributed by atoms with Gasteiger partial charge in [0.15, 0.2) is 0 Å². The number of aromatic amines is 1. The largest absolute Gasteiger partial charge is 0.396 e. The number of nitrogens with one attached hydrogen (secondary N) is 2. The van der Waals surface area contributed by atoms with Crippen molar-refractivity contribution in [2.75, 3.05) is 13.2 Å². The molecule has 20 heavy (non-hydrogen) atoms. The number of rotatable bonds is 6. The Morgan fingerprint density at radius 1 is 1.55 bits per heavy atom. The number of nitrogens with zero attached hydrogens (tertiary/aromatic N) is 1. The van der Waals surface area contributed by atoms with Crippen molar-refractivity contribution in [2.24, 2.45) is 5.92 Å². The molecule has 6 nitrogen and oxygen atoms in total. The Hall–Kier alpha value is -1.69. The van der Waals surface area contributed by atoms with Crippen LogP contribution in [0.4, 0.5) is 0 Å². The van der Waals surface area contributed by atoms with E-state index in [1.807, 2.05) is 6.92 Å². The van der Waals surface area contributed by atoms with E-state index in [0.717, 1.165) is 12.8 Å². The first kappa shape index (κ1) is 14.7. The third kappa shape index (κ3) is 3.45. The predicted molar refractivity (Wildman–Crippen MR) is 74.8 cm³/mol. The van der Waals surface area contributed by atoms with Crippen LogP contribution >= 0.6 is 0 Å². The Labute approximate surface area is 117 Å². The van der Waals surface area contributed by atoms with Gasteiger partial charge >= 0.3 is 0 Å². The van der Waals surface area contributed by atoms with E-state index in [4.69, 9.17) is 5.11 Å². The van der Waals surface area contributed by atoms with Crippen LogP contribution < -0.4 is 10.9 Å². The average Bonchev–Trinajstić information content (AvgIpc) is 3.20. The minimum absolute atomic E-state index is 0.0885. The van der Waals surface area contributed by atoms with Gasteiger partial charge in [0.25, 0.3) is 11.5 Å². The smallest absolute Gasteiger partial charge is 0.264 e. The summed E-state index contributed by atoms with van der Waals surface area (Å²) in [6, 6.07) is 0. The number of hydrogen-bond acceptors (Lipinski definition) is 4. The molecule has 1 aliphatic rings. The normalized spacial score (nSPS) is 15.9. The zero-order valence-electron chi connectivity index (χ0n) is 11.9. The molecule has 1 amide bonds. The summed E-state index contributed by atoms with van der Waals surface area (Å²) in [6.07, 6.45) is 2.72. The average molecular weight is 279 g/mol.